The number of methoxy groups -OCH3 is 2. The standard InChI is InChI=1S/C16H26N2O3/c1-20-15-4-3-12(9-16(15)21-2)7-13-8-14(17)11-18(10-13)5-6-19/h3-4,9,13-14,19H,5-8,10-11,17H2,1-2H3. The molecule has 5 heteroatoms. The lowest BCUT2D eigenvalue weighted by Crippen LogP contribution is -2.48. The van der Waals surface area contributed by atoms with Crippen LogP contribution < -0.4 is 15.2 Å². The van der Waals surface area contributed by atoms with Gasteiger partial charge in [0.15, 0.2) is 11.5 Å². The summed E-state index contributed by atoms with van der Waals surface area (Å²) >= 11 is 0. The Kier molecular flexibility index (Phi) is 5.85. The molecule has 1 fully saturated rings. The van der Waals surface area contributed by atoms with Gasteiger partial charge in [0.2, 0.25) is 0 Å². The molecule has 5 nitrogen and oxygen atoms in total. The van der Waals surface area contributed by atoms with Crippen LogP contribution in [0.1, 0.15) is 12.0 Å². The van der Waals surface area contributed by atoms with E-state index in [0.29, 0.717) is 12.5 Å². The van der Waals surface area contributed by atoms with Crippen LogP contribution in [-0.4, -0.2) is 56.5 Å². The van der Waals surface area contributed by atoms with Gasteiger partial charge in [-0.1, -0.05) is 6.07 Å². The van der Waals surface area contributed by atoms with Crippen LogP contribution in [0, 0.1) is 5.92 Å². The molecule has 0 aromatic heterocycles. The first-order valence-corrected chi connectivity index (χ1v) is 7.46. The van der Waals surface area contributed by atoms with Crippen molar-refractivity contribution in [2.75, 3.05) is 40.5 Å². The Hall–Kier alpha value is -1.30. The molecule has 21 heavy (non-hydrogen) atoms. The maximum Gasteiger partial charge on any atom is 0.160 e. The lowest BCUT2D eigenvalue weighted by Gasteiger charge is -2.36. The van der Waals surface area contributed by atoms with Gasteiger partial charge in [-0.3, -0.25) is 4.90 Å². The fourth-order valence-corrected chi connectivity index (χ4v) is 3.16. The van der Waals surface area contributed by atoms with Crippen LogP contribution in [0.2, 0.25) is 0 Å². The smallest absolute Gasteiger partial charge is 0.160 e. The molecular weight excluding hydrogens is 268 g/mol. The third kappa shape index (κ3) is 4.33. The molecule has 1 heterocycles. The summed E-state index contributed by atoms with van der Waals surface area (Å²) in [5, 5.41) is 9.09. The number of benzene rings is 1. The van der Waals surface area contributed by atoms with Crippen molar-refractivity contribution in [1.29, 1.82) is 0 Å². The summed E-state index contributed by atoms with van der Waals surface area (Å²) in [6.45, 7) is 2.76. The third-order valence-corrected chi connectivity index (χ3v) is 4.03. The molecule has 0 spiro atoms. The van der Waals surface area contributed by atoms with E-state index in [0.717, 1.165) is 37.4 Å². The minimum absolute atomic E-state index is 0.190. The monoisotopic (exact) mass is 294 g/mol. The summed E-state index contributed by atoms with van der Waals surface area (Å²) in [6, 6.07) is 6.26. The molecular formula is C16H26N2O3. The Morgan fingerprint density at radius 3 is 2.67 bits per heavy atom. The molecule has 1 saturated heterocycles. The summed E-state index contributed by atoms with van der Waals surface area (Å²) in [6.07, 6.45) is 1.99. The van der Waals surface area contributed by atoms with Gasteiger partial charge in [0.25, 0.3) is 0 Å². The number of aliphatic hydroxyl groups is 1. The van der Waals surface area contributed by atoms with Crippen LogP contribution in [0.5, 0.6) is 11.5 Å². The average molecular weight is 294 g/mol. The Bertz CT molecular complexity index is 453. The molecule has 3 N–H and O–H groups in total. The number of nitrogens with two attached hydrogens (primary N) is 1. The zero-order valence-corrected chi connectivity index (χ0v) is 12.9. The number of nitrogens with zero attached hydrogens (tertiary/aromatic N) is 1. The van der Waals surface area contributed by atoms with Gasteiger partial charge in [0.1, 0.15) is 0 Å². The van der Waals surface area contributed by atoms with Crippen LogP contribution in [0.25, 0.3) is 0 Å². The molecule has 0 amide bonds. The number of piperidine rings is 1. The van der Waals surface area contributed by atoms with Crippen molar-refractivity contribution in [3.63, 3.8) is 0 Å². The SMILES string of the molecule is COc1ccc(CC2CC(N)CN(CCO)C2)cc1OC. The predicted molar refractivity (Wildman–Crippen MR) is 82.9 cm³/mol. The lowest BCUT2D eigenvalue weighted by atomic mass is 9.89. The molecule has 2 rings (SSSR count). The predicted octanol–water partition coefficient (Wildman–Crippen LogP) is 0.888. The molecule has 2 unspecified atom stereocenters. The van der Waals surface area contributed by atoms with Crippen molar-refractivity contribution < 1.29 is 14.6 Å². The summed E-state index contributed by atoms with van der Waals surface area (Å²) in [7, 11) is 3.30. The van der Waals surface area contributed by atoms with Crippen LogP contribution in [0.15, 0.2) is 18.2 Å². The summed E-state index contributed by atoms with van der Waals surface area (Å²) in [5.41, 5.74) is 7.37. The molecule has 0 bridgehead atoms. The van der Waals surface area contributed by atoms with Gasteiger partial charge in [0.05, 0.1) is 20.8 Å². The first kappa shape index (κ1) is 16.1. The quantitative estimate of drug-likeness (QED) is 0.815. The molecule has 0 aliphatic carbocycles. The van der Waals surface area contributed by atoms with E-state index in [1.807, 2.05) is 12.1 Å². The Morgan fingerprint density at radius 1 is 1.24 bits per heavy atom. The van der Waals surface area contributed by atoms with Gasteiger partial charge in [0, 0.05) is 25.7 Å². The highest BCUT2D eigenvalue weighted by molar-refractivity contribution is 5.43. The van der Waals surface area contributed by atoms with Crippen molar-refractivity contribution in [3.05, 3.63) is 23.8 Å². The van der Waals surface area contributed by atoms with E-state index in [1.165, 1.54) is 5.56 Å². The van der Waals surface area contributed by atoms with E-state index in [4.69, 9.17) is 20.3 Å². The average Bonchev–Trinajstić information content (AvgIpc) is 2.46. The van der Waals surface area contributed by atoms with Crippen molar-refractivity contribution >= 4 is 0 Å². The van der Waals surface area contributed by atoms with Gasteiger partial charge in [-0.15, -0.1) is 0 Å². The first-order chi connectivity index (χ1) is 10.2. The second-order valence-corrected chi connectivity index (χ2v) is 5.74. The topological polar surface area (TPSA) is 68.0 Å². The Morgan fingerprint density at radius 2 is 2.00 bits per heavy atom. The largest absolute Gasteiger partial charge is 0.493 e. The number of likely N-dealkylation sites (tertiary alicyclic amines) is 1. The van der Waals surface area contributed by atoms with E-state index in [2.05, 4.69) is 11.0 Å². The highest BCUT2D eigenvalue weighted by atomic mass is 16.5. The maximum absolute atomic E-state index is 9.09. The number of aliphatic hydroxyl groups excluding tert-OH is 1. The summed E-state index contributed by atoms with van der Waals surface area (Å²) in [5.74, 6) is 2.03. The second kappa shape index (κ2) is 7.64. The third-order valence-electron chi connectivity index (χ3n) is 4.03. The normalized spacial score (nSPS) is 23.0. The van der Waals surface area contributed by atoms with Gasteiger partial charge in [-0.25, -0.2) is 0 Å². The van der Waals surface area contributed by atoms with Crippen LogP contribution in [0.3, 0.4) is 0 Å². The van der Waals surface area contributed by atoms with Crippen LogP contribution >= 0.6 is 0 Å². The summed E-state index contributed by atoms with van der Waals surface area (Å²) in [4.78, 5) is 2.25. The zero-order valence-electron chi connectivity index (χ0n) is 12.9. The minimum Gasteiger partial charge on any atom is -0.493 e. The van der Waals surface area contributed by atoms with E-state index in [9.17, 15) is 0 Å². The highest BCUT2D eigenvalue weighted by Crippen LogP contribution is 2.29. The van der Waals surface area contributed by atoms with Gasteiger partial charge >= 0.3 is 0 Å². The fraction of sp³-hybridized carbons (Fsp3) is 0.625. The number of hydrogen-bond acceptors (Lipinski definition) is 5. The fourth-order valence-electron chi connectivity index (χ4n) is 3.16. The van der Waals surface area contributed by atoms with E-state index in [-0.39, 0.29) is 12.6 Å². The second-order valence-electron chi connectivity index (χ2n) is 5.74. The van der Waals surface area contributed by atoms with Crippen LogP contribution in [-0.2, 0) is 6.42 Å². The molecule has 1 aromatic rings. The molecule has 118 valence electrons. The first-order valence-electron chi connectivity index (χ1n) is 7.46. The molecule has 0 radical (unpaired) electrons. The lowest BCUT2D eigenvalue weighted by molar-refractivity contribution is 0.127. The van der Waals surface area contributed by atoms with Crippen molar-refractivity contribution in [3.8, 4) is 11.5 Å². The van der Waals surface area contributed by atoms with E-state index in [1.54, 1.807) is 14.2 Å². The minimum atomic E-state index is 0.190. The van der Waals surface area contributed by atoms with Crippen molar-refractivity contribution in [2.24, 2.45) is 11.7 Å². The molecule has 1 aliphatic heterocycles. The van der Waals surface area contributed by atoms with Crippen LogP contribution in [0.4, 0.5) is 0 Å². The number of ether oxygens (including phenoxy) is 2. The van der Waals surface area contributed by atoms with Gasteiger partial charge < -0.3 is 20.3 Å². The van der Waals surface area contributed by atoms with Crippen molar-refractivity contribution in [1.82, 2.24) is 4.90 Å². The Balaban J connectivity index is 2.03. The molecule has 2 atom stereocenters. The number of β-amino-alcohol motifs (C(OH)–C–C–N with tert-alkyl or cyclic N) is 1. The highest BCUT2D eigenvalue weighted by Gasteiger charge is 2.25. The van der Waals surface area contributed by atoms with E-state index >= 15 is 0 Å². The van der Waals surface area contributed by atoms with Crippen molar-refractivity contribution in [2.45, 2.75) is 18.9 Å². The number of rotatable bonds is 6. The summed E-state index contributed by atoms with van der Waals surface area (Å²) < 4.78 is 10.6. The van der Waals surface area contributed by atoms with E-state index < -0.39 is 0 Å². The number of hydrogen-bond donors (Lipinski definition) is 2. The zero-order chi connectivity index (χ0) is 15.2. The van der Waals surface area contributed by atoms with Gasteiger partial charge in [-0.05, 0) is 36.5 Å². The molecule has 1 aliphatic rings. The Labute approximate surface area is 126 Å². The molecule has 0 saturated carbocycles. The maximum atomic E-state index is 9.09. The van der Waals surface area contributed by atoms with Gasteiger partial charge in [-0.2, -0.15) is 0 Å². The molecule has 1 aromatic carbocycles.